The van der Waals surface area contributed by atoms with E-state index in [4.69, 9.17) is 17.3 Å². The van der Waals surface area contributed by atoms with Gasteiger partial charge < -0.3 is 16.4 Å². The van der Waals surface area contributed by atoms with E-state index in [0.717, 1.165) is 0 Å². The molecule has 0 fully saturated rings. The van der Waals surface area contributed by atoms with Crippen molar-refractivity contribution in [2.24, 2.45) is 11.7 Å². The van der Waals surface area contributed by atoms with Gasteiger partial charge in [0, 0.05) is 5.02 Å². The molecule has 0 bridgehead atoms. The van der Waals surface area contributed by atoms with Crippen LogP contribution in [0.3, 0.4) is 0 Å². The van der Waals surface area contributed by atoms with Crippen LogP contribution >= 0.6 is 24.0 Å². The predicted molar refractivity (Wildman–Crippen MR) is 111 cm³/mol. The summed E-state index contributed by atoms with van der Waals surface area (Å²) < 4.78 is 13.3. The Morgan fingerprint density at radius 2 is 1.71 bits per heavy atom. The molecule has 2 atom stereocenters. The Morgan fingerprint density at radius 1 is 1.11 bits per heavy atom. The lowest BCUT2D eigenvalue weighted by atomic mass is 9.98. The van der Waals surface area contributed by atoms with E-state index < -0.39 is 23.9 Å². The van der Waals surface area contributed by atoms with Crippen molar-refractivity contribution in [1.29, 1.82) is 0 Å². The van der Waals surface area contributed by atoms with Gasteiger partial charge in [-0.05, 0) is 35.2 Å². The molecule has 0 radical (unpaired) electrons. The molecule has 2 aromatic rings. The van der Waals surface area contributed by atoms with E-state index >= 15 is 0 Å². The first-order valence-electron chi connectivity index (χ1n) is 8.62. The highest BCUT2D eigenvalue weighted by Crippen LogP contribution is 2.28. The number of benzene rings is 2. The van der Waals surface area contributed by atoms with Crippen LogP contribution in [0.4, 0.5) is 4.39 Å². The Labute approximate surface area is 175 Å². The molecular weight excluding hydrogens is 404 g/mol. The SMILES string of the molecule is CC(C)[C@H](N)C(=O)NCC(=O)NC(c1ccc(F)cc1)c1ccccc1Cl.Cl. The largest absolute Gasteiger partial charge is 0.346 e. The molecule has 28 heavy (non-hydrogen) atoms. The highest BCUT2D eigenvalue weighted by atomic mass is 35.5. The van der Waals surface area contributed by atoms with Crippen LogP contribution in [0, 0.1) is 11.7 Å². The standard InChI is InChI=1S/C20H23ClFN3O2.ClH/c1-12(2)18(23)20(27)24-11-17(26)25-19(13-7-9-14(22)10-8-13)15-5-3-4-6-16(15)21;/h3-10,12,18-19H,11,23H2,1-2H3,(H,24,27)(H,25,26);1H/t18-,19?;/m0./s1. The smallest absolute Gasteiger partial charge is 0.240 e. The molecule has 0 aliphatic heterocycles. The van der Waals surface area contributed by atoms with E-state index in [9.17, 15) is 14.0 Å². The van der Waals surface area contributed by atoms with Crippen LogP contribution in [-0.4, -0.2) is 24.4 Å². The van der Waals surface area contributed by atoms with E-state index in [1.807, 2.05) is 13.8 Å². The van der Waals surface area contributed by atoms with Gasteiger partial charge in [-0.2, -0.15) is 0 Å². The highest BCUT2D eigenvalue weighted by molar-refractivity contribution is 6.31. The zero-order valence-electron chi connectivity index (χ0n) is 15.6. The Hall–Kier alpha value is -2.15. The lowest BCUT2D eigenvalue weighted by molar-refractivity contribution is -0.127. The molecule has 5 nitrogen and oxygen atoms in total. The zero-order chi connectivity index (χ0) is 20.0. The van der Waals surface area contributed by atoms with Crippen molar-refractivity contribution in [1.82, 2.24) is 10.6 Å². The summed E-state index contributed by atoms with van der Waals surface area (Å²) >= 11 is 6.28. The molecule has 152 valence electrons. The first kappa shape index (κ1) is 23.9. The fraction of sp³-hybridized carbons (Fsp3) is 0.300. The number of hydrogen-bond donors (Lipinski definition) is 3. The van der Waals surface area contributed by atoms with Gasteiger partial charge in [0.25, 0.3) is 0 Å². The monoisotopic (exact) mass is 427 g/mol. The topological polar surface area (TPSA) is 84.2 Å². The molecule has 8 heteroatoms. The predicted octanol–water partition coefficient (Wildman–Crippen LogP) is 3.21. The minimum atomic E-state index is -0.686. The molecule has 0 spiro atoms. The molecule has 2 rings (SSSR count). The van der Waals surface area contributed by atoms with Crippen LogP contribution < -0.4 is 16.4 Å². The second-order valence-electron chi connectivity index (χ2n) is 6.56. The van der Waals surface area contributed by atoms with E-state index in [2.05, 4.69) is 10.6 Å². The van der Waals surface area contributed by atoms with Gasteiger partial charge in [0.05, 0.1) is 18.6 Å². The quantitative estimate of drug-likeness (QED) is 0.633. The van der Waals surface area contributed by atoms with Crippen molar-refractivity contribution in [2.75, 3.05) is 6.54 Å². The third kappa shape index (κ3) is 6.48. The van der Waals surface area contributed by atoms with Crippen LogP contribution in [-0.2, 0) is 9.59 Å². The molecule has 0 saturated heterocycles. The Morgan fingerprint density at radius 3 is 2.29 bits per heavy atom. The summed E-state index contributed by atoms with van der Waals surface area (Å²) in [6.45, 7) is 3.43. The lowest BCUT2D eigenvalue weighted by Gasteiger charge is -2.22. The Balaban J connectivity index is 0.00000392. The van der Waals surface area contributed by atoms with Gasteiger partial charge in [-0.1, -0.05) is 55.8 Å². The number of carbonyl (C=O) groups excluding carboxylic acids is 2. The number of hydrogen-bond acceptors (Lipinski definition) is 3. The second kappa shape index (κ2) is 11.0. The Kier molecular flexibility index (Phi) is 9.38. The van der Waals surface area contributed by atoms with Gasteiger partial charge in [0.1, 0.15) is 5.82 Å². The fourth-order valence-corrected chi connectivity index (χ4v) is 2.75. The highest BCUT2D eigenvalue weighted by Gasteiger charge is 2.21. The zero-order valence-corrected chi connectivity index (χ0v) is 17.2. The van der Waals surface area contributed by atoms with Crippen molar-refractivity contribution in [3.8, 4) is 0 Å². The van der Waals surface area contributed by atoms with Gasteiger partial charge >= 0.3 is 0 Å². The van der Waals surface area contributed by atoms with Crippen molar-refractivity contribution >= 4 is 35.8 Å². The Bertz CT molecular complexity index is 800. The van der Waals surface area contributed by atoms with E-state index in [-0.39, 0.29) is 30.7 Å². The molecule has 0 saturated carbocycles. The first-order chi connectivity index (χ1) is 12.8. The third-order valence-electron chi connectivity index (χ3n) is 4.17. The van der Waals surface area contributed by atoms with Gasteiger partial charge in [-0.25, -0.2) is 4.39 Å². The number of rotatable bonds is 7. The summed E-state index contributed by atoms with van der Waals surface area (Å²) in [5, 5.41) is 5.83. The lowest BCUT2D eigenvalue weighted by Crippen LogP contribution is -2.47. The molecule has 0 aromatic heterocycles. The summed E-state index contributed by atoms with van der Waals surface area (Å²) in [7, 11) is 0. The number of nitrogens with two attached hydrogens (primary N) is 1. The number of carbonyl (C=O) groups is 2. The van der Waals surface area contributed by atoms with Crippen LogP contribution in [0.2, 0.25) is 5.02 Å². The molecule has 0 heterocycles. The number of amides is 2. The van der Waals surface area contributed by atoms with E-state index in [1.165, 1.54) is 12.1 Å². The van der Waals surface area contributed by atoms with Crippen molar-refractivity contribution < 1.29 is 14.0 Å². The molecule has 1 unspecified atom stereocenters. The first-order valence-corrected chi connectivity index (χ1v) is 9.00. The van der Waals surface area contributed by atoms with Gasteiger partial charge in [0.15, 0.2) is 0 Å². The van der Waals surface area contributed by atoms with Crippen molar-refractivity contribution in [3.63, 3.8) is 0 Å². The maximum Gasteiger partial charge on any atom is 0.240 e. The van der Waals surface area contributed by atoms with Crippen molar-refractivity contribution in [3.05, 3.63) is 70.5 Å². The summed E-state index contributed by atoms with van der Waals surface area (Å²) in [6, 6.07) is 11.6. The molecule has 2 amide bonds. The van der Waals surface area contributed by atoms with Crippen LogP contribution in [0.15, 0.2) is 48.5 Å². The van der Waals surface area contributed by atoms with E-state index in [1.54, 1.807) is 36.4 Å². The summed E-state index contributed by atoms with van der Waals surface area (Å²) in [4.78, 5) is 24.3. The maximum absolute atomic E-state index is 13.3. The molecule has 0 aliphatic carbocycles. The molecule has 0 aliphatic rings. The van der Waals surface area contributed by atoms with Gasteiger partial charge in [-0.15, -0.1) is 12.4 Å². The third-order valence-corrected chi connectivity index (χ3v) is 4.51. The molecule has 2 aromatic carbocycles. The van der Waals surface area contributed by atoms with Gasteiger partial charge in [0.2, 0.25) is 11.8 Å². The average molecular weight is 428 g/mol. The minimum Gasteiger partial charge on any atom is -0.346 e. The van der Waals surface area contributed by atoms with Crippen LogP contribution in [0.5, 0.6) is 0 Å². The van der Waals surface area contributed by atoms with E-state index in [0.29, 0.717) is 16.1 Å². The molecule has 4 N–H and O–H groups in total. The summed E-state index contributed by atoms with van der Waals surface area (Å²) in [5.74, 6) is -1.22. The summed E-state index contributed by atoms with van der Waals surface area (Å²) in [5.41, 5.74) is 7.11. The minimum absolute atomic E-state index is 0. The maximum atomic E-state index is 13.3. The fourth-order valence-electron chi connectivity index (χ4n) is 2.51. The second-order valence-corrected chi connectivity index (χ2v) is 6.97. The molecular formula is C20H24Cl2FN3O2. The van der Waals surface area contributed by atoms with Crippen LogP contribution in [0.1, 0.15) is 31.0 Å². The number of nitrogens with one attached hydrogen (secondary N) is 2. The normalized spacial score (nSPS) is 12.6. The number of halogens is 3. The van der Waals surface area contributed by atoms with Crippen molar-refractivity contribution in [2.45, 2.75) is 25.9 Å². The van der Waals surface area contributed by atoms with Gasteiger partial charge in [-0.3, -0.25) is 9.59 Å². The summed E-state index contributed by atoms with van der Waals surface area (Å²) in [6.07, 6.45) is 0. The van der Waals surface area contributed by atoms with Crippen LogP contribution in [0.25, 0.3) is 0 Å². The average Bonchev–Trinajstić information content (AvgIpc) is 2.65.